The molecule has 0 bridgehead atoms. The van der Waals surface area contributed by atoms with Crippen molar-refractivity contribution in [2.75, 3.05) is 0 Å². The molecule has 0 radical (unpaired) electrons. The van der Waals surface area contributed by atoms with Crippen molar-refractivity contribution in [1.29, 1.82) is 0 Å². The first-order chi connectivity index (χ1) is 9.97. The number of rotatable bonds is 3. The number of hydrogen-bond donors (Lipinski definition) is 0. The van der Waals surface area contributed by atoms with Gasteiger partial charge in [0.15, 0.2) is 0 Å². The molecule has 2 aliphatic carbocycles. The van der Waals surface area contributed by atoms with E-state index in [1.54, 1.807) is 10.8 Å². The summed E-state index contributed by atoms with van der Waals surface area (Å²) in [4.78, 5) is 0. The van der Waals surface area contributed by atoms with Crippen LogP contribution < -0.4 is 0 Å². The molecular formula is C20H32HfSi2. The minimum Gasteiger partial charge on any atom is -0.0876 e. The van der Waals surface area contributed by atoms with E-state index in [0.29, 0.717) is 0 Å². The van der Waals surface area contributed by atoms with Crippen molar-refractivity contribution >= 4 is 16.9 Å². The summed E-state index contributed by atoms with van der Waals surface area (Å²) in [6.45, 7) is 21.5. The van der Waals surface area contributed by atoms with Crippen LogP contribution >= 0.6 is 0 Å². The fourth-order valence-electron chi connectivity index (χ4n) is 3.77. The van der Waals surface area contributed by atoms with Gasteiger partial charge >= 0.3 is 0 Å². The van der Waals surface area contributed by atoms with Crippen molar-refractivity contribution < 1.29 is 25.8 Å². The van der Waals surface area contributed by atoms with E-state index in [-0.39, 0.29) is 31.3 Å². The Kier molecular flexibility index (Phi) is 6.49. The molecule has 3 heteroatoms. The van der Waals surface area contributed by atoms with E-state index in [2.05, 4.69) is 84.4 Å². The largest absolute Gasteiger partial charge is 0.0876 e. The van der Waals surface area contributed by atoms with Gasteiger partial charge in [0.25, 0.3) is 0 Å². The van der Waals surface area contributed by atoms with E-state index in [0.717, 1.165) is 0 Å². The molecule has 2 rings (SSSR count). The maximum absolute atomic E-state index is 2.60. The van der Waals surface area contributed by atoms with Crippen LogP contribution in [0.1, 0.15) is 27.7 Å². The molecule has 0 aromatic rings. The standard InChI is InChI=1S/C20H32Si2.Hf/c1-14-12-20(4,16(3)15(14)2)19-17(13-22(7,8)9)10-11-18(19)21(5)6;/h10-13,21H,1-9H3;. The second-order valence-electron chi connectivity index (χ2n) is 8.56. The van der Waals surface area contributed by atoms with Gasteiger partial charge in [-0.2, -0.15) is 0 Å². The first-order valence-corrected chi connectivity index (χ1v) is 15.0. The molecule has 1 unspecified atom stereocenters. The van der Waals surface area contributed by atoms with Crippen molar-refractivity contribution in [2.24, 2.45) is 5.41 Å². The summed E-state index contributed by atoms with van der Waals surface area (Å²) in [6, 6.07) is 0. The molecule has 124 valence electrons. The Morgan fingerprint density at radius 2 is 1.61 bits per heavy atom. The maximum Gasteiger partial charge on any atom is 0.0694 e. The minimum atomic E-state index is -1.24. The Labute approximate surface area is 164 Å². The monoisotopic (exact) mass is 508 g/mol. The predicted molar refractivity (Wildman–Crippen MR) is 107 cm³/mol. The van der Waals surface area contributed by atoms with Crippen molar-refractivity contribution in [3.05, 3.63) is 57.0 Å². The summed E-state index contributed by atoms with van der Waals surface area (Å²) in [5, 5.41) is 1.66. The van der Waals surface area contributed by atoms with Gasteiger partial charge in [0.05, 0.1) is 16.9 Å². The zero-order chi connectivity index (χ0) is 16.9. The quantitative estimate of drug-likeness (QED) is 0.413. The van der Waals surface area contributed by atoms with E-state index in [1.165, 1.54) is 22.3 Å². The second-order valence-corrected chi connectivity index (χ2v) is 16.5. The third kappa shape index (κ3) is 3.99. The SMILES string of the molecule is CC1=CC(C)(C2=C([SiH](C)C)C=CC2=C[Si](C)(C)C)C(C)=C1C.[Hf]. The molecule has 0 aromatic carbocycles. The minimum absolute atomic E-state index is 0. The van der Waals surface area contributed by atoms with Gasteiger partial charge < -0.3 is 0 Å². The fraction of sp³-hybridized carbons (Fsp3) is 0.500. The van der Waals surface area contributed by atoms with Gasteiger partial charge in [0.2, 0.25) is 0 Å². The van der Waals surface area contributed by atoms with Crippen LogP contribution in [-0.2, 0) is 25.8 Å². The summed E-state index contributed by atoms with van der Waals surface area (Å²) >= 11 is 0. The summed E-state index contributed by atoms with van der Waals surface area (Å²) < 4.78 is 0. The fourth-order valence-corrected chi connectivity index (χ4v) is 6.47. The summed E-state index contributed by atoms with van der Waals surface area (Å²) in [5.74, 6) is 0. The zero-order valence-corrected chi connectivity index (χ0v) is 22.1. The van der Waals surface area contributed by atoms with Crippen LogP contribution in [0.2, 0.25) is 32.7 Å². The Hall–Kier alpha value is 0.00390. The molecule has 0 saturated heterocycles. The molecule has 0 fully saturated rings. The summed E-state index contributed by atoms with van der Waals surface area (Å²) in [7, 11) is -2.08. The van der Waals surface area contributed by atoms with E-state index in [4.69, 9.17) is 0 Å². The Balaban J connectivity index is 0.00000264. The van der Waals surface area contributed by atoms with Crippen LogP contribution in [0.25, 0.3) is 0 Å². The van der Waals surface area contributed by atoms with Crippen LogP contribution in [-0.4, -0.2) is 16.9 Å². The predicted octanol–water partition coefficient (Wildman–Crippen LogP) is 5.98. The Bertz CT molecular complexity index is 652. The van der Waals surface area contributed by atoms with Gasteiger partial charge in [0, 0.05) is 31.3 Å². The van der Waals surface area contributed by atoms with Crippen molar-refractivity contribution in [1.82, 2.24) is 0 Å². The maximum atomic E-state index is 2.60. The van der Waals surface area contributed by atoms with E-state index < -0.39 is 16.9 Å². The van der Waals surface area contributed by atoms with Crippen LogP contribution in [0.4, 0.5) is 0 Å². The Morgan fingerprint density at radius 1 is 1.04 bits per heavy atom. The van der Waals surface area contributed by atoms with Gasteiger partial charge in [-0.1, -0.05) is 73.0 Å². The summed E-state index contributed by atoms with van der Waals surface area (Å²) in [5.41, 5.74) is 10.3. The van der Waals surface area contributed by atoms with E-state index >= 15 is 0 Å². The number of allylic oxidation sites excluding steroid dienone is 9. The van der Waals surface area contributed by atoms with Crippen LogP contribution in [0.15, 0.2) is 57.0 Å². The molecule has 0 amide bonds. The number of hydrogen-bond acceptors (Lipinski definition) is 0. The molecule has 0 spiro atoms. The second kappa shape index (κ2) is 7.09. The van der Waals surface area contributed by atoms with Gasteiger partial charge in [-0.05, 0) is 44.4 Å². The zero-order valence-electron chi connectivity index (χ0n) is 16.4. The third-order valence-corrected chi connectivity index (χ3v) is 8.09. The van der Waals surface area contributed by atoms with Gasteiger partial charge in [-0.25, -0.2) is 0 Å². The molecular weight excluding hydrogens is 475 g/mol. The van der Waals surface area contributed by atoms with E-state index in [9.17, 15) is 0 Å². The van der Waals surface area contributed by atoms with Gasteiger partial charge in [-0.15, -0.1) is 0 Å². The molecule has 0 N–H and O–H groups in total. The third-order valence-electron chi connectivity index (χ3n) is 5.19. The molecule has 2 aliphatic rings. The average Bonchev–Trinajstić information content (AvgIpc) is 2.85. The molecule has 0 saturated carbocycles. The Morgan fingerprint density at radius 3 is 2.00 bits per heavy atom. The first-order valence-electron chi connectivity index (χ1n) is 8.51. The summed E-state index contributed by atoms with van der Waals surface area (Å²) in [6.07, 6.45) is 7.33. The molecule has 0 nitrogen and oxygen atoms in total. The van der Waals surface area contributed by atoms with Crippen molar-refractivity contribution in [3.63, 3.8) is 0 Å². The molecule has 0 heterocycles. The topological polar surface area (TPSA) is 0 Å². The van der Waals surface area contributed by atoms with Crippen molar-refractivity contribution in [2.45, 2.75) is 60.4 Å². The molecule has 0 aromatic heterocycles. The van der Waals surface area contributed by atoms with Crippen molar-refractivity contribution in [3.8, 4) is 0 Å². The van der Waals surface area contributed by atoms with E-state index in [1.807, 2.05) is 0 Å². The molecule has 1 atom stereocenters. The first kappa shape index (κ1) is 21.0. The van der Waals surface area contributed by atoms with Gasteiger partial charge in [0.1, 0.15) is 0 Å². The molecule has 0 aliphatic heterocycles. The van der Waals surface area contributed by atoms with Crippen LogP contribution in [0.5, 0.6) is 0 Å². The smallest absolute Gasteiger partial charge is 0.0694 e. The van der Waals surface area contributed by atoms with Crippen LogP contribution in [0.3, 0.4) is 0 Å². The normalized spacial score (nSPS) is 26.5. The van der Waals surface area contributed by atoms with Crippen LogP contribution in [0, 0.1) is 5.41 Å². The average molecular weight is 507 g/mol. The molecule has 23 heavy (non-hydrogen) atoms. The van der Waals surface area contributed by atoms with Gasteiger partial charge in [-0.3, -0.25) is 0 Å².